The maximum Gasteiger partial charge on any atom is 0.223 e. The van der Waals surface area contributed by atoms with Gasteiger partial charge in [-0.1, -0.05) is 12.1 Å². The van der Waals surface area contributed by atoms with Gasteiger partial charge in [-0.3, -0.25) is 4.79 Å². The number of thiazole rings is 1. The number of para-hydroxylation sites is 1. The fourth-order valence-corrected chi connectivity index (χ4v) is 4.55. The zero-order valence-electron chi connectivity index (χ0n) is 12.0. The number of amides is 1. The van der Waals surface area contributed by atoms with E-state index in [1.165, 1.54) is 4.70 Å². The number of hydrogen-bond donors (Lipinski definition) is 1. The van der Waals surface area contributed by atoms with E-state index >= 15 is 0 Å². The van der Waals surface area contributed by atoms with Gasteiger partial charge in [0, 0.05) is 13.0 Å². The molecule has 0 unspecified atom stereocenters. The van der Waals surface area contributed by atoms with Gasteiger partial charge < -0.3 is 10.2 Å². The standard InChI is InChI=1S/C16H19N3OS/c20-15-9-16(5-7-17-8-6-16)11-19(15)10-14-18-12-3-1-2-4-13(12)21-14/h1-4,17H,5-11H2. The van der Waals surface area contributed by atoms with Crippen LogP contribution in [0.4, 0.5) is 0 Å². The molecule has 5 heteroatoms. The molecular weight excluding hydrogens is 282 g/mol. The lowest BCUT2D eigenvalue weighted by Gasteiger charge is -2.32. The fraction of sp³-hybridized carbons (Fsp3) is 0.500. The third-order valence-corrected chi connectivity index (χ3v) is 5.75. The monoisotopic (exact) mass is 301 g/mol. The summed E-state index contributed by atoms with van der Waals surface area (Å²) in [7, 11) is 0. The summed E-state index contributed by atoms with van der Waals surface area (Å²) in [4.78, 5) is 19.0. The van der Waals surface area contributed by atoms with Crippen LogP contribution in [0.3, 0.4) is 0 Å². The van der Waals surface area contributed by atoms with Crippen LogP contribution < -0.4 is 5.32 Å². The molecule has 1 N–H and O–H groups in total. The second kappa shape index (κ2) is 5.07. The number of nitrogens with one attached hydrogen (secondary N) is 1. The summed E-state index contributed by atoms with van der Waals surface area (Å²) >= 11 is 1.70. The number of fused-ring (bicyclic) bond motifs is 1. The van der Waals surface area contributed by atoms with Crippen LogP contribution in [0.1, 0.15) is 24.3 Å². The van der Waals surface area contributed by atoms with Crippen LogP contribution in [-0.2, 0) is 11.3 Å². The summed E-state index contributed by atoms with van der Waals surface area (Å²) in [5, 5.41) is 4.44. The predicted molar refractivity (Wildman–Crippen MR) is 84.2 cm³/mol. The molecule has 4 nitrogen and oxygen atoms in total. The molecule has 110 valence electrons. The predicted octanol–water partition coefficient (Wildman–Crippen LogP) is 2.40. The van der Waals surface area contributed by atoms with Crippen molar-refractivity contribution >= 4 is 27.5 Å². The van der Waals surface area contributed by atoms with Crippen LogP contribution in [0.25, 0.3) is 10.2 Å². The number of likely N-dealkylation sites (tertiary alicyclic amines) is 1. The lowest BCUT2D eigenvalue weighted by atomic mass is 9.78. The van der Waals surface area contributed by atoms with Crippen LogP contribution in [-0.4, -0.2) is 35.4 Å². The quantitative estimate of drug-likeness (QED) is 0.926. The van der Waals surface area contributed by atoms with Gasteiger partial charge in [0.1, 0.15) is 5.01 Å². The lowest BCUT2D eigenvalue weighted by molar-refractivity contribution is -0.128. The Morgan fingerprint density at radius 3 is 2.90 bits per heavy atom. The van der Waals surface area contributed by atoms with Crippen molar-refractivity contribution in [2.24, 2.45) is 5.41 Å². The van der Waals surface area contributed by atoms with Crippen LogP contribution >= 0.6 is 11.3 Å². The Labute approximate surface area is 128 Å². The first-order valence-corrected chi connectivity index (χ1v) is 8.39. The first kappa shape index (κ1) is 13.2. The highest BCUT2D eigenvalue weighted by atomic mass is 32.1. The van der Waals surface area contributed by atoms with E-state index in [0.717, 1.165) is 49.4 Å². The molecule has 2 aromatic rings. The minimum atomic E-state index is 0.221. The van der Waals surface area contributed by atoms with Gasteiger partial charge >= 0.3 is 0 Å². The molecule has 21 heavy (non-hydrogen) atoms. The Bertz CT molecular complexity index is 642. The number of carbonyl (C=O) groups excluding carboxylic acids is 1. The Balaban J connectivity index is 1.52. The van der Waals surface area contributed by atoms with Gasteiger partial charge in [-0.25, -0.2) is 4.98 Å². The molecule has 0 aliphatic carbocycles. The topological polar surface area (TPSA) is 45.2 Å². The number of nitrogens with zero attached hydrogens (tertiary/aromatic N) is 2. The van der Waals surface area contributed by atoms with Crippen LogP contribution in [0.15, 0.2) is 24.3 Å². The third-order valence-electron chi connectivity index (χ3n) is 4.73. The van der Waals surface area contributed by atoms with Crippen LogP contribution in [0.2, 0.25) is 0 Å². The summed E-state index contributed by atoms with van der Waals surface area (Å²) in [6.45, 7) is 3.67. The third kappa shape index (κ3) is 2.45. The van der Waals surface area contributed by atoms with E-state index in [1.807, 2.05) is 23.1 Å². The Hall–Kier alpha value is -1.46. The molecule has 2 saturated heterocycles. The Morgan fingerprint density at radius 2 is 2.10 bits per heavy atom. The molecular formula is C16H19N3OS. The number of hydrogen-bond acceptors (Lipinski definition) is 4. The first-order chi connectivity index (χ1) is 10.2. The molecule has 2 aliphatic rings. The largest absolute Gasteiger partial charge is 0.335 e. The van der Waals surface area contributed by atoms with E-state index in [9.17, 15) is 4.79 Å². The number of rotatable bonds is 2. The zero-order valence-corrected chi connectivity index (χ0v) is 12.8. The molecule has 2 aliphatic heterocycles. The molecule has 0 radical (unpaired) electrons. The molecule has 3 heterocycles. The Kier molecular flexibility index (Phi) is 3.19. The molecule has 1 spiro atoms. The molecule has 0 atom stereocenters. The second-order valence-electron chi connectivity index (χ2n) is 6.25. The van der Waals surface area contributed by atoms with Crippen molar-refractivity contribution in [3.63, 3.8) is 0 Å². The van der Waals surface area contributed by atoms with Crippen LogP contribution in [0, 0.1) is 5.41 Å². The van der Waals surface area contributed by atoms with Gasteiger partial charge in [-0.2, -0.15) is 0 Å². The van der Waals surface area contributed by atoms with Crippen molar-refractivity contribution in [1.82, 2.24) is 15.2 Å². The van der Waals surface area contributed by atoms with Crippen LogP contribution in [0.5, 0.6) is 0 Å². The smallest absolute Gasteiger partial charge is 0.223 e. The van der Waals surface area contributed by atoms with E-state index in [0.29, 0.717) is 12.5 Å². The molecule has 1 amide bonds. The van der Waals surface area contributed by atoms with Gasteiger partial charge in [0.25, 0.3) is 0 Å². The SMILES string of the molecule is O=C1CC2(CCNCC2)CN1Cc1nc2ccccc2s1. The van der Waals surface area contributed by atoms with Crippen molar-refractivity contribution in [3.8, 4) is 0 Å². The molecule has 1 aromatic heterocycles. The summed E-state index contributed by atoms with van der Waals surface area (Å²) in [6.07, 6.45) is 2.96. The number of carbonyl (C=O) groups is 1. The van der Waals surface area contributed by atoms with E-state index in [2.05, 4.69) is 16.4 Å². The summed E-state index contributed by atoms with van der Waals surface area (Å²) < 4.78 is 1.20. The minimum Gasteiger partial charge on any atom is -0.335 e. The normalized spacial score (nSPS) is 21.5. The van der Waals surface area contributed by atoms with E-state index in [4.69, 9.17) is 0 Å². The maximum absolute atomic E-state index is 12.3. The second-order valence-corrected chi connectivity index (χ2v) is 7.37. The average Bonchev–Trinajstić information content (AvgIpc) is 3.01. The number of piperidine rings is 1. The summed E-state index contributed by atoms with van der Waals surface area (Å²) in [6, 6.07) is 8.18. The molecule has 0 saturated carbocycles. The van der Waals surface area contributed by atoms with Gasteiger partial charge in [-0.05, 0) is 43.5 Å². The van der Waals surface area contributed by atoms with E-state index in [-0.39, 0.29) is 5.41 Å². The lowest BCUT2D eigenvalue weighted by Crippen LogP contribution is -2.38. The first-order valence-electron chi connectivity index (χ1n) is 7.57. The summed E-state index contributed by atoms with van der Waals surface area (Å²) in [5.74, 6) is 0.302. The highest BCUT2D eigenvalue weighted by molar-refractivity contribution is 7.18. The van der Waals surface area contributed by atoms with E-state index < -0.39 is 0 Å². The van der Waals surface area contributed by atoms with E-state index in [1.54, 1.807) is 11.3 Å². The Morgan fingerprint density at radius 1 is 1.29 bits per heavy atom. The van der Waals surface area contributed by atoms with Gasteiger partial charge in [0.2, 0.25) is 5.91 Å². The van der Waals surface area contributed by atoms with Crippen molar-refractivity contribution < 1.29 is 4.79 Å². The van der Waals surface area contributed by atoms with Crippen molar-refractivity contribution in [3.05, 3.63) is 29.3 Å². The highest BCUT2D eigenvalue weighted by Crippen LogP contribution is 2.40. The fourth-order valence-electron chi connectivity index (χ4n) is 3.57. The number of benzene rings is 1. The van der Waals surface area contributed by atoms with Crippen molar-refractivity contribution in [1.29, 1.82) is 0 Å². The molecule has 2 fully saturated rings. The minimum absolute atomic E-state index is 0.221. The summed E-state index contributed by atoms with van der Waals surface area (Å²) in [5.41, 5.74) is 1.26. The molecule has 4 rings (SSSR count). The molecule has 1 aromatic carbocycles. The highest BCUT2D eigenvalue weighted by Gasteiger charge is 2.43. The van der Waals surface area contributed by atoms with Gasteiger partial charge in [-0.15, -0.1) is 11.3 Å². The average molecular weight is 301 g/mol. The van der Waals surface area contributed by atoms with Gasteiger partial charge in [0.15, 0.2) is 0 Å². The molecule has 0 bridgehead atoms. The number of aromatic nitrogens is 1. The maximum atomic E-state index is 12.3. The van der Waals surface area contributed by atoms with Gasteiger partial charge in [0.05, 0.1) is 16.8 Å². The zero-order chi connectivity index (χ0) is 14.3. The van der Waals surface area contributed by atoms with Crippen molar-refractivity contribution in [2.75, 3.05) is 19.6 Å². The van der Waals surface area contributed by atoms with Crippen molar-refractivity contribution in [2.45, 2.75) is 25.8 Å².